The van der Waals surface area contributed by atoms with Crippen molar-refractivity contribution in [3.63, 3.8) is 0 Å². The minimum Gasteiger partial charge on any atom is -0.321 e. The number of benzene rings is 1. The molecule has 0 aliphatic carbocycles. The highest BCUT2D eigenvalue weighted by Crippen LogP contribution is 2.34. The third kappa shape index (κ3) is 3.91. The van der Waals surface area contributed by atoms with Crippen LogP contribution in [0, 0.1) is 57.3 Å². The minimum atomic E-state index is -0.452. The summed E-state index contributed by atoms with van der Waals surface area (Å²) in [4.78, 5) is 13.7. The van der Waals surface area contributed by atoms with Gasteiger partial charge in [0.1, 0.15) is 22.7 Å². The minimum absolute atomic E-state index is 0.0230. The molecule has 1 amide bonds. The van der Waals surface area contributed by atoms with Crippen molar-refractivity contribution in [1.82, 2.24) is 4.57 Å². The molecule has 6 heteroatoms. The van der Waals surface area contributed by atoms with E-state index in [0.717, 1.165) is 38.0 Å². The van der Waals surface area contributed by atoms with Crippen molar-refractivity contribution in [2.75, 3.05) is 5.32 Å². The topological polar surface area (TPSA) is 81.6 Å². The molecular weight excluding hydrogens is 392 g/mol. The summed E-state index contributed by atoms with van der Waals surface area (Å²) in [5.74, 6) is -0.452. The van der Waals surface area contributed by atoms with E-state index in [1.807, 2.05) is 63.5 Å². The normalized spacial score (nSPS) is 11.1. The van der Waals surface area contributed by atoms with Gasteiger partial charge in [-0.05, 0) is 70.0 Å². The highest BCUT2D eigenvalue weighted by atomic mass is 32.1. The average molecular weight is 415 g/mol. The molecular formula is C24H22N4OS. The molecule has 0 atom stereocenters. The summed E-state index contributed by atoms with van der Waals surface area (Å²) in [6.45, 7) is 9.80. The molecule has 0 bridgehead atoms. The molecule has 150 valence electrons. The van der Waals surface area contributed by atoms with Gasteiger partial charge < -0.3 is 9.88 Å². The molecule has 0 saturated heterocycles. The van der Waals surface area contributed by atoms with Crippen molar-refractivity contribution < 1.29 is 4.79 Å². The van der Waals surface area contributed by atoms with Gasteiger partial charge in [-0.25, -0.2) is 0 Å². The van der Waals surface area contributed by atoms with Crippen LogP contribution >= 0.6 is 11.3 Å². The number of carbonyl (C=O) groups excluding carboxylic acids is 1. The van der Waals surface area contributed by atoms with Crippen LogP contribution < -0.4 is 5.32 Å². The Bertz CT molecular complexity index is 1240. The molecule has 0 unspecified atom stereocenters. The summed E-state index contributed by atoms with van der Waals surface area (Å²) in [5, 5.41) is 22.8. The van der Waals surface area contributed by atoms with Gasteiger partial charge in [-0.15, -0.1) is 11.3 Å². The number of amides is 1. The maximum absolute atomic E-state index is 12.6. The third-order valence-corrected chi connectivity index (χ3v) is 6.32. The van der Waals surface area contributed by atoms with Crippen molar-refractivity contribution in [3.05, 3.63) is 74.4 Å². The van der Waals surface area contributed by atoms with E-state index in [9.17, 15) is 15.3 Å². The third-order valence-electron chi connectivity index (χ3n) is 5.13. The average Bonchev–Trinajstić information content (AvgIpc) is 3.15. The first-order valence-electron chi connectivity index (χ1n) is 9.46. The molecule has 3 rings (SSSR count). The Kier molecular flexibility index (Phi) is 5.91. The number of nitrogens with one attached hydrogen (secondary N) is 1. The van der Waals surface area contributed by atoms with Crippen LogP contribution in [0.4, 0.5) is 5.69 Å². The molecule has 1 N–H and O–H groups in total. The van der Waals surface area contributed by atoms with E-state index in [1.54, 1.807) is 29.5 Å². The van der Waals surface area contributed by atoms with Crippen LogP contribution in [0.3, 0.4) is 0 Å². The molecule has 0 spiro atoms. The second-order valence-corrected chi connectivity index (χ2v) is 8.43. The Morgan fingerprint density at radius 2 is 1.77 bits per heavy atom. The number of aryl methyl sites for hydroxylation is 3. The first kappa shape index (κ1) is 21.1. The van der Waals surface area contributed by atoms with Crippen LogP contribution in [-0.4, -0.2) is 10.5 Å². The molecule has 0 aliphatic rings. The number of rotatable bonds is 4. The van der Waals surface area contributed by atoms with Gasteiger partial charge in [0.05, 0.1) is 5.56 Å². The van der Waals surface area contributed by atoms with E-state index in [4.69, 9.17) is 0 Å². The molecule has 2 heterocycles. The smallest absolute Gasteiger partial charge is 0.266 e. The Labute approximate surface area is 180 Å². The molecule has 5 nitrogen and oxygen atoms in total. The number of carbonyl (C=O) groups is 1. The zero-order valence-corrected chi connectivity index (χ0v) is 18.4. The number of nitriles is 2. The number of hydrogen-bond donors (Lipinski definition) is 1. The number of aromatic nitrogens is 1. The summed E-state index contributed by atoms with van der Waals surface area (Å²) in [6.07, 6.45) is 1.60. The molecule has 0 fully saturated rings. The molecule has 0 aliphatic heterocycles. The van der Waals surface area contributed by atoms with Crippen LogP contribution in [0.25, 0.3) is 11.1 Å². The monoisotopic (exact) mass is 414 g/mol. The lowest BCUT2D eigenvalue weighted by atomic mass is 10.1. The summed E-state index contributed by atoms with van der Waals surface area (Å²) >= 11 is 1.57. The summed E-state index contributed by atoms with van der Waals surface area (Å²) < 4.78 is 2.02. The molecule has 0 saturated carbocycles. The summed E-state index contributed by atoms with van der Waals surface area (Å²) in [5.41, 5.74) is 5.98. The first-order valence-corrected chi connectivity index (χ1v) is 10.3. The number of anilines is 1. The fraction of sp³-hybridized carbons (Fsp3) is 0.208. The second-order valence-electron chi connectivity index (χ2n) is 7.23. The van der Waals surface area contributed by atoms with Gasteiger partial charge >= 0.3 is 0 Å². The largest absolute Gasteiger partial charge is 0.321 e. The zero-order chi connectivity index (χ0) is 22.0. The molecule has 0 radical (unpaired) electrons. The van der Waals surface area contributed by atoms with Gasteiger partial charge in [-0.3, -0.25) is 4.79 Å². The second kappa shape index (κ2) is 8.41. The predicted molar refractivity (Wildman–Crippen MR) is 121 cm³/mol. The van der Waals surface area contributed by atoms with Crippen LogP contribution in [0.2, 0.25) is 0 Å². The fourth-order valence-corrected chi connectivity index (χ4v) is 4.50. The van der Waals surface area contributed by atoms with E-state index >= 15 is 0 Å². The van der Waals surface area contributed by atoms with Gasteiger partial charge in [0.25, 0.3) is 5.91 Å². The first-order chi connectivity index (χ1) is 14.3. The quantitative estimate of drug-likeness (QED) is 0.452. The maximum Gasteiger partial charge on any atom is 0.266 e. The Morgan fingerprint density at radius 3 is 2.37 bits per heavy atom. The van der Waals surface area contributed by atoms with Crippen molar-refractivity contribution >= 4 is 29.0 Å². The van der Waals surface area contributed by atoms with E-state index in [1.165, 1.54) is 0 Å². The standard InChI is InChI=1S/C24H22N4OS/c1-14-6-8-21(9-7-14)27-23(29)20(12-25)11-19-10-15(2)28(17(19)4)24-22(13-26)16(3)18(5)30-24/h6-11H,1-5H3,(H,27,29)/b20-11-. The van der Waals surface area contributed by atoms with Crippen LogP contribution in [-0.2, 0) is 4.79 Å². The Balaban J connectivity index is 1.99. The maximum atomic E-state index is 12.6. The van der Waals surface area contributed by atoms with Gasteiger partial charge in [0.15, 0.2) is 0 Å². The van der Waals surface area contributed by atoms with Crippen molar-refractivity contribution in [3.8, 4) is 17.1 Å². The Hall–Kier alpha value is -3.61. The van der Waals surface area contributed by atoms with Gasteiger partial charge in [0, 0.05) is 22.0 Å². The van der Waals surface area contributed by atoms with E-state index in [-0.39, 0.29) is 5.57 Å². The fourth-order valence-electron chi connectivity index (χ4n) is 3.28. The lowest BCUT2D eigenvalue weighted by Crippen LogP contribution is -2.13. The highest BCUT2D eigenvalue weighted by molar-refractivity contribution is 7.14. The van der Waals surface area contributed by atoms with E-state index in [2.05, 4.69) is 11.4 Å². The van der Waals surface area contributed by atoms with Crippen LogP contribution in [0.5, 0.6) is 0 Å². The highest BCUT2D eigenvalue weighted by Gasteiger charge is 2.19. The van der Waals surface area contributed by atoms with Gasteiger partial charge in [-0.1, -0.05) is 17.7 Å². The van der Waals surface area contributed by atoms with Crippen molar-refractivity contribution in [2.24, 2.45) is 0 Å². The van der Waals surface area contributed by atoms with E-state index < -0.39 is 5.91 Å². The van der Waals surface area contributed by atoms with Gasteiger partial charge in [0.2, 0.25) is 0 Å². The van der Waals surface area contributed by atoms with Crippen LogP contribution in [0.15, 0.2) is 35.9 Å². The van der Waals surface area contributed by atoms with Crippen molar-refractivity contribution in [1.29, 1.82) is 10.5 Å². The Morgan fingerprint density at radius 1 is 1.10 bits per heavy atom. The van der Waals surface area contributed by atoms with Crippen molar-refractivity contribution in [2.45, 2.75) is 34.6 Å². The summed E-state index contributed by atoms with van der Waals surface area (Å²) in [6, 6.07) is 13.6. The molecule has 3 aromatic rings. The molecule has 30 heavy (non-hydrogen) atoms. The predicted octanol–water partition coefficient (Wildman–Crippen LogP) is 5.50. The zero-order valence-electron chi connectivity index (χ0n) is 17.6. The molecule has 1 aromatic carbocycles. The number of hydrogen-bond acceptors (Lipinski definition) is 4. The summed E-state index contributed by atoms with van der Waals surface area (Å²) in [7, 11) is 0. The van der Waals surface area contributed by atoms with Gasteiger partial charge in [-0.2, -0.15) is 10.5 Å². The van der Waals surface area contributed by atoms with E-state index in [0.29, 0.717) is 11.3 Å². The number of thiophene rings is 1. The van der Waals surface area contributed by atoms with Crippen LogP contribution in [0.1, 0.15) is 38.5 Å². The molecule has 2 aromatic heterocycles. The SMILES string of the molecule is Cc1ccc(NC(=O)/C(C#N)=C\c2cc(C)n(-c3sc(C)c(C)c3C#N)c2C)cc1. The lowest BCUT2D eigenvalue weighted by molar-refractivity contribution is -0.112. The number of nitrogens with zero attached hydrogens (tertiary/aromatic N) is 3. The lowest BCUT2D eigenvalue weighted by Gasteiger charge is -2.08.